The van der Waals surface area contributed by atoms with Gasteiger partial charge < -0.3 is 0 Å². The molecule has 3 aromatic rings. The van der Waals surface area contributed by atoms with Crippen LogP contribution in [0.3, 0.4) is 0 Å². The van der Waals surface area contributed by atoms with Crippen molar-refractivity contribution < 1.29 is 0 Å². The molecule has 2 nitrogen and oxygen atoms in total. The molecule has 1 aliphatic rings. The predicted octanol–water partition coefficient (Wildman–Crippen LogP) is 5.76. The summed E-state index contributed by atoms with van der Waals surface area (Å²) in [6, 6.07) is 27.7. The summed E-state index contributed by atoms with van der Waals surface area (Å²) in [6.07, 6.45) is 5.47. The topological polar surface area (TPSA) is 6.48 Å². The second-order valence-electron chi connectivity index (χ2n) is 8.01. The van der Waals surface area contributed by atoms with Crippen molar-refractivity contribution in [2.45, 2.75) is 13.0 Å². The van der Waals surface area contributed by atoms with E-state index in [0.29, 0.717) is 0 Å². The van der Waals surface area contributed by atoms with E-state index in [1.54, 1.807) is 0 Å². The molecule has 1 heterocycles. The van der Waals surface area contributed by atoms with Crippen molar-refractivity contribution in [2.24, 2.45) is 0 Å². The van der Waals surface area contributed by atoms with Gasteiger partial charge >= 0.3 is 0 Å². The van der Waals surface area contributed by atoms with Crippen molar-refractivity contribution in [3.8, 4) is 0 Å². The molecule has 4 rings (SSSR count). The van der Waals surface area contributed by atoms with Crippen LogP contribution in [-0.2, 0) is 13.0 Å². The van der Waals surface area contributed by atoms with E-state index in [4.69, 9.17) is 11.6 Å². The molecule has 154 valence electrons. The van der Waals surface area contributed by atoms with E-state index in [2.05, 4.69) is 88.7 Å². The Hall–Kier alpha value is -2.39. The first kappa shape index (κ1) is 20.9. The Morgan fingerprint density at radius 3 is 1.93 bits per heavy atom. The molecular formula is C27H29ClN2. The number of piperazine rings is 1. The lowest BCUT2D eigenvalue weighted by Crippen LogP contribution is -2.45. The smallest absolute Gasteiger partial charge is 0.0406 e. The molecule has 0 atom stereocenters. The van der Waals surface area contributed by atoms with Gasteiger partial charge in [-0.2, -0.15) is 0 Å². The summed E-state index contributed by atoms with van der Waals surface area (Å²) in [5, 5.41) is 0.789. The number of rotatable bonds is 7. The average Bonchev–Trinajstić information content (AvgIpc) is 2.78. The molecule has 1 fully saturated rings. The van der Waals surface area contributed by atoms with Gasteiger partial charge in [0.1, 0.15) is 0 Å². The maximum Gasteiger partial charge on any atom is 0.0406 e. The number of hydrogen-bond acceptors (Lipinski definition) is 2. The summed E-state index contributed by atoms with van der Waals surface area (Å²) in [7, 11) is 0. The maximum atomic E-state index is 5.97. The first-order chi connectivity index (χ1) is 14.7. The van der Waals surface area contributed by atoms with Crippen LogP contribution in [0.4, 0.5) is 0 Å². The molecule has 0 unspecified atom stereocenters. The number of nitrogens with zero attached hydrogens (tertiary/aromatic N) is 2. The monoisotopic (exact) mass is 416 g/mol. The van der Waals surface area contributed by atoms with Crippen molar-refractivity contribution >= 4 is 17.7 Å². The van der Waals surface area contributed by atoms with Crippen LogP contribution in [0.15, 0.2) is 84.9 Å². The van der Waals surface area contributed by atoms with Gasteiger partial charge in [0.25, 0.3) is 0 Å². The minimum Gasteiger partial charge on any atom is -0.297 e. The quantitative estimate of drug-likeness (QED) is 0.483. The molecule has 3 heteroatoms. The zero-order valence-corrected chi connectivity index (χ0v) is 18.1. The van der Waals surface area contributed by atoms with Crippen LogP contribution in [0.5, 0.6) is 0 Å². The van der Waals surface area contributed by atoms with Gasteiger partial charge in [0, 0.05) is 44.3 Å². The van der Waals surface area contributed by atoms with E-state index in [1.165, 1.54) is 22.3 Å². The van der Waals surface area contributed by atoms with Gasteiger partial charge in [-0.25, -0.2) is 0 Å². The molecule has 0 amide bonds. The van der Waals surface area contributed by atoms with Crippen molar-refractivity contribution in [2.75, 3.05) is 32.7 Å². The van der Waals surface area contributed by atoms with Gasteiger partial charge in [0.15, 0.2) is 0 Å². The van der Waals surface area contributed by atoms with Crippen LogP contribution in [0.2, 0.25) is 5.02 Å². The van der Waals surface area contributed by atoms with E-state index < -0.39 is 0 Å². The summed E-state index contributed by atoms with van der Waals surface area (Å²) < 4.78 is 0. The van der Waals surface area contributed by atoms with E-state index in [1.807, 2.05) is 12.1 Å². The van der Waals surface area contributed by atoms with E-state index in [-0.39, 0.29) is 0 Å². The first-order valence-corrected chi connectivity index (χ1v) is 11.1. The van der Waals surface area contributed by atoms with Gasteiger partial charge in [0.2, 0.25) is 0 Å². The van der Waals surface area contributed by atoms with Crippen molar-refractivity contribution in [3.63, 3.8) is 0 Å². The highest BCUT2D eigenvalue weighted by Crippen LogP contribution is 2.15. The summed E-state index contributed by atoms with van der Waals surface area (Å²) in [6.45, 7) is 6.64. The van der Waals surface area contributed by atoms with Gasteiger partial charge in [-0.05, 0) is 40.8 Å². The molecule has 1 saturated heterocycles. The van der Waals surface area contributed by atoms with Crippen LogP contribution < -0.4 is 0 Å². The standard InChI is InChI=1S/C27H29ClN2/c28-27-14-12-25(13-15-27)21-24-10-8-23(9-11-24)7-4-16-29-17-19-30(20-18-29)22-26-5-2-1-3-6-26/h1-15H,16-22H2. The second-order valence-corrected chi connectivity index (χ2v) is 8.45. The van der Waals surface area contributed by atoms with Gasteiger partial charge in [-0.1, -0.05) is 90.5 Å². The predicted molar refractivity (Wildman–Crippen MR) is 128 cm³/mol. The minimum absolute atomic E-state index is 0.789. The fourth-order valence-electron chi connectivity index (χ4n) is 3.89. The Labute approximate surface area is 185 Å². The number of benzene rings is 3. The van der Waals surface area contributed by atoms with E-state index in [0.717, 1.165) is 50.7 Å². The second kappa shape index (κ2) is 10.6. The highest BCUT2D eigenvalue weighted by Gasteiger charge is 2.15. The fourth-order valence-corrected chi connectivity index (χ4v) is 4.02. The summed E-state index contributed by atoms with van der Waals surface area (Å²) in [5.41, 5.74) is 5.28. The molecule has 0 radical (unpaired) electrons. The Bertz CT molecular complexity index is 925. The Balaban J connectivity index is 1.20. The highest BCUT2D eigenvalue weighted by atomic mass is 35.5. The van der Waals surface area contributed by atoms with Gasteiger partial charge in [-0.3, -0.25) is 9.80 Å². The maximum absolute atomic E-state index is 5.97. The molecular weight excluding hydrogens is 388 g/mol. The minimum atomic E-state index is 0.789. The van der Waals surface area contributed by atoms with Gasteiger partial charge in [-0.15, -0.1) is 0 Å². The van der Waals surface area contributed by atoms with Crippen LogP contribution in [0, 0.1) is 0 Å². The van der Waals surface area contributed by atoms with Crippen LogP contribution in [-0.4, -0.2) is 42.5 Å². The SMILES string of the molecule is Clc1ccc(Cc2ccc(C=CCN3CCN(Cc4ccccc4)CC3)cc2)cc1. The Morgan fingerprint density at radius 1 is 0.667 bits per heavy atom. The normalized spacial score (nSPS) is 15.6. The molecule has 0 aromatic heterocycles. The van der Waals surface area contributed by atoms with Crippen LogP contribution >= 0.6 is 11.6 Å². The van der Waals surface area contributed by atoms with E-state index >= 15 is 0 Å². The van der Waals surface area contributed by atoms with Crippen molar-refractivity contribution in [1.82, 2.24) is 9.80 Å². The largest absolute Gasteiger partial charge is 0.297 e. The zero-order valence-electron chi connectivity index (χ0n) is 17.4. The number of halogens is 1. The summed E-state index contributed by atoms with van der Waals surface area (Å²) in [5.74, 6) is 0. The third kappa shape index (κ3) is 6.30. The van der Waals surface area contributed by atoms with Crippen molar-refractivity contribution in [1.29, 1.82) is 0 Å². The highest BCUT2D eigenvalue weighted by molar-refractivity contribution is 6.30. The lowest BCUT2D eigenvalue weighted by molar-refractivity contribution is 0.137. The molecule has 3 aromatic carbocycles. The van der Waals surface area contributed by atoms with Crippen LogP contribution in [0.25, 0.3) is 6.08 Å². The summed E-state index contributed by atoms with van der Waals surface area (Å²) in [4.78, 5) is 5.09. The fraction of sp³-hybridized carbons (Fsp3) is 0.259. The summed E-state index contributed by atoms with van der Waals surface area (Å²) >= 11 is 5.97. The molecule has 0 spiro atoms. The van der Waals surface area contributed by atoms with Crippen LogP contribution in [0.1, 0.15) is 22.3 Å². The third-order valence-electron chi connectivity index (χ3n) is 5.69. The Kier molecular flexibility index (Phi) is 7.36. The average molecular weight is 417 g/mol. The molecule has 0 aliphatic carbocycles. The lowest BCUT2D eigenvalue weighted by atomic mass is 10.0. The zero-order chi connectivity index (χ0) is 20.6. The van der Waals surface area contributed by atoms with Gasteiger partial charge in [0.05, 0.1) is 0 Å². The van der Waals surface area contributed by atoms with Crippen molar-refractivity contribution in [3.05, 3.63) is 112 Å². The number of hydrogen-bond donors (Lipinski definition) is 0. The third-order valence-corrected chi connectivity index (χ3v) is 5.94. The molecule has 30 heavy (non-hydrogen) atoms. The lowest BCUT2D eigenvalue weighted by Gasteiger charge is -2.34. The molecule has 0 N–H and O–H groups in total. The Morgan fingerprint density at radius 2 is 1.27 bits per heavy atom. The molecule has 0 bridgehead atoms. The van der Waals surface area contributed by atoms with E-state index in [9.17, 15) is 0 Å². The molecule has 1 aliphatic heterocycles. The first-order valence-electron chi connectivity index (χ1n) is 10.7. The molecule has 0 saturated carbocycles.